The lowest BCUT2D eigenvalue weighted by Gasteiger charge is -2.27. The summed E-state index contributed by atoms with van der Waals surface area (Å²) >= 11 is 0. The molecule has 0 aliphatic heterocycles. The highest BCUT2D eigenvalue weighted by Crippen LogP contribution is 2.45. The Balaban J connectivity index is 0.873. The highest BCUT2D eigenvalue weighted by Gasteiger charge is 2.20. The zero-order valence-electron chi connectivity index (χ0n) is 36.1. The number of benzene rings is 13. The standard InChI is InChI=1S/C64H42N2/c1-3-17-54(18-4-1)66(55-19-5-2-6-20-55)62-36-35-59(60-21-11-12-22-61(60)62)46-25-23-45(24-26-46)53-37-49-27-29-51-41-58(42-52-30-28-50(38-53)63(49)64(51)52)65(56-33-31-43-13-7-9-15-47(43)39-56)57-34-32-44-14-8-10-16-48(44)40-57/h1-42H. The molecule has 0 unspecified atom stereocenters. The Morgan fingerprint density at radius 2 is 0.636 bits per heavy atom. The molecular weight excluding hydrogens is 797 g/mol. The largest absolute Gasteiger partial charge is 0.310 e. The smallest absolute Gasteiger partial charge is 0.0540 e. The van der Waals surface area contributed by atoms with Crippen LogP contribution in [0.15, 0.2) is 255 Å². The quantitative estimate of drug-likeness (QED) is 0.141. The van der Waals surface area contributed by atoms with Crippen molar-refractivity contribution in [2.24, 2.45) is 0 Å². The fourth-order valence-corrected chi connectivity index (χ4v) is 10.3. The summed E-state index contributed by atoms with van der Waals surface area (Å²) in [7, 11) is 0. The first-order valence-corrected chi connectivity index (χ1v) is 22.7. The van der Waals surface area contributed by atoms with Crippen LogP contribution in [0.25, 0.3) is 86.9 Å². The van der Waals surface area contributed by atoms with E-state index in [0.717, 1.165) is 34.1 Å². The first-order chi connectivity index (χ1) is 32.7. The molecule has 0 bridgehead atoms. The molecule has 0 aliphatic carbocycles. The van der Waals surface area contributed by atoms with E-state index in [1.807, 2.05) is 0 Å². The lowest BCUT2D eigenvalue weighted by Crippen LogP contribution is -2.10. The topological polar surface area (TPSA) is 6.48 Å². The molecular formula is C64H42N2. The average Bonchev–Trinajstić information content (AvgIpc) is 3.38. The summed E-state index contributed by atoms with van der Waals surface area (Å²) in [5.74, 6) is 0. The van der Waals surface area contributed by atoms with Crippen LogP contribution in [0.1, 0.15) is 0 Å². The lowest BCUT2D eigenvalue weighted by molar-refractivity contribution is 1.30. The van der Waals surface area contributed by atoms with Crippen molar-refractivity contribution in [2.45, 2.75) is 0 Å². The highest BCUT2D eigenvalue weighted by atomic mass is 15.1. The molecule has 0 aliphatic rings. The third kappa shape index (κ3) is 6.42. The fraction of sp³-hybridized carbons (Fsp3) is 0. The molecule has 66 heavy (non-hydrogen) atoms. The number of nitrogens with zero attached hydrogens (tertiary/aromatic N) is 2. The van der Waals surface area contributed by atoms with E-state index in [-0.39, 0.29) is 0 Å². The predicted molar refractivity (Wildman–Crippen MR) is 283 cm³/mol. The summed E-state index contributed by atoms with van der Waals surface area (Å²) in [5, 5.41) is 14.9. The van der Waals surface area contributed by atoms with Gasteiger partial charge in [0.05, 0.1) is 5.69 Å². The molecule has 0 saturated carbocycles. The predicted octanol–water partition coefficient (Wildman–Crippen LogP) is 18.3. The van der Waals surface area contributed by atoms with E-state index in [1.54, 1.807) is 0 Å². The molecule has 13 aromatic carbocycles. The van der Waals surface area contributed by atoms with Crippen molar-refractivity contribution in [1.82, 2.24) is 0 Å². The van der Waals surface area contributed by atoms with Crippen LogP contribution in [0.5, 0.6) is 0 Å². The maximum Gasteiger partial charge on any atom is 0.0540 e. The van der Waals surface area contributed by atoms with Gasteiger partial charge < -0.3 is 9.80 Å². The highest BCUT2D eigenvalue weighted by molar-refractivity contribution is 6.24. The summed E-state index contributed by atoms with van der Waals surface area (Å²) in [6, 6.07) is 93.3. The molecule has 0 radical (unpaired) electrons. The van der Waals surface area contributed by atoms with Crippen LogP contribution in [0.4, 0.5) is 34.1 Å². The third-order valence-corrected chi connectivity index (χ3v) is 13.5. The molecule has 0 heterocycles. The zero-order chi connectivity index (χ0) is 43.6. The number of anilines is 6. The number of para-hydroxylation sites is 2. The van der Waals surface area contributed by atoms with Crippen molar-refractivity contribution in [1.29, 1.82) is 0 Å². The van der Waals surface area contributed by atoms with Crippen LogP contribution in [0.3, 0.4) is 0 Å². The first kappa shape index (κ1) is 37.8. The summed E-state index contributed by atoms with van der Waals surface area (Å²) in [5.41, 5.74) is 11.7. The van der Waals surface area contributed by atoms with Gasteiger partial charge in [0.15, 0.2) is 0 Å². The monoisotopic (exact) mass is 838 g/mol. The second kappa shape index (κ2) is 15.5. The minimum atomic E-state index is 1.13. The molecule has 0 spiro atoms. The first-order valence-electron chi connectivity index (χ1n) is 22.7. The van der Waals surface area contributed by atoms with Crippen molar-refractivity contribution >= 4 is 98.8 Å². The molecule has 0 atom stereocenters. The molecule has 13 aromatic rings. The maximum absolute atomic E-state index is 2.41. The van der Waals surface area contributed by atoms with Gasteiger partial charge in [0.25, 0.3) is 0 Å². The van der Waals surface area contributed by atoms with Gasteiger partial charge >= 0.3 is 0 Å². The second-order valence-electron chi connectivity index (χ2n) is 17.4. The molecule has 2 heteroatoms. The van der Waals surface area contributed by atoms with Gasteiger partial charge in [-0.25, -0.2) is 0 Å². The number of fused-ring (bicyclic) bond motifs is 3. The van der Waals surface area contributed by atoms with Gasteiger partial charge in [-0.1, -0.05) is 176 Å². The molecule has 0 saturated heterocycles. The Kier molecular flexibility index (Phi) is 8.89. The van der Waals surface area contributed by atoms with E-state index in [9.17, 15) is 0 Å². The normalized spacial score (nSPS) is 11.6. The Bertz CT molecular complexity index is 3750. The van der Waals surface area contributed by atoms with Gasteiger partial charge in [-0.2, -0.15) is 0 Å². The van der Waals surface area contributed by atoms with Crippen LogP contribution in [0.2, 0.25) is 0 Å². The number of hydrogen-bond acceptors (Lipinski definition) is 2. The van der Waals surface area contributed by atoms with Crippen molar-refractivity contribution < 1.29 is 0 Å². The number of hydrogen-bond donors (Lipinski definition) is 0. The minimum absolute atomic E-state index is 1.13. The lowest BCUT2D eigenvalue weighted by atomic mass is 9.90. The van der Waals surface area contributed by atoms with Crippen molar-refractivity contribution in [3.05, 3.63) is 255 Å². The van der Waals surface area contributed by atoms with Gasteiger partial charge in [0.2, 0.25) is 0 Å². The molecule has 308 valence electrons. The van der Waals surface area contributed by atoms with Crippen LogP contribution in [0, 0.1) is 0 Å². The Morgan fingerprint density at radius 3 is 1.18 bits per heavy atom. The third-order valence-electron chi connectivity index (χ3n) is 13.5. The van der Waals surface area contributed by atoms with E-state index in [0.29, 0.717) is 0 Å². The Morgan fingerprint density at radius 1 is 0.212 bits per heavy atom. The maximum atomic E-state index is 2.41. The summed E-state index contributed by atoms with van der Waals surface area (Å²) in [4.78, 5) is 4.77. The van der Waals surface area contributed by atoms with E-state index in [2.05, 4.69) is 265 Å². The van der Waals surface area contributed by atoms with E-state index >= 15 is 0 Å². The Hall–Kier alpha value is -8.72. The second-order valence-corrected chi connectivity index (χ2v) is 17.4. The minimum Gasteiger partial charge on any atom is -0.310 e. The molecule has 0 N–H and O–H groups in total. The van der Waals surface area contributed by atoms with Gasteiger partial charge in [-0.3, -0.25) is 0 Å². The zero-order valence-corrected chi connectivity index (χ0v) is 36.1. The van der Waals surface area contributed by atoms with Crippen LogP contribution in [-0.2, 0) is 0 Å². The van der Waals surface area contributed by atoms with E-state index in [4.69, 9.17) is 0 Å². The van der Waals surface area contributed by atoms with Crippen LogP contribution < -0.4 is 9.80 Å². The molecule has 13 rings (SSSR count). The van der Waals surface area contributed by atoms with Crippen molar-refractivity contribution in [3.63, 3.8) is 0 Å². The molecule has 0 aromatic heterocycles. The van der Waals surface area contributed by atoms with Gasteiger partial charge in [0, 0.05) is 33.8 Å². The summed E-state index contributed by atoms with van der Waals surface area (Å²) < 4.78 is 0. The van der Waals surface area contributed by atoms with E-state index < -0.39 is 0 Å². The molecule has 0 fully saturated rings. The SMILES string of the molecule is c1ccc(N(c2ccccc2)c2ccc(-c3ccc(-c4cc5ccc6cc(N(c7ccc8ccccc8c7)c7ccc8ccccc8c7)cc7ccc(c4)c5c67)cc3)c3ccccc23)cc1. The molecule has 2 nitrogen and oxygen atoms in total. The molecule has 0 amide bonds. The van der Waals surface area contributed by atoms with Crippen LogP contribution in [-0.4, -0.2) is 0 Å². The Labute approximate surface area is 383 Å². The average molecular weight is 839 g/mol. The fourth-order valence-electron chi connectivity index (χ4n) is 10.3. The van der Waals surface area contributed by atoms with Crippen molar-refractivity contribution in [2.75, 3.05) is 9.80 Å². The van der Waals surface area contributed by atoms with Gasteiger partial charge in [0.1, 0.15) is 0 Å². The number of rotatable bonds is 8. The van der Waals surface area contributed by atoms with Crippen molar-refractivity contribution in [3.8, 4) is 22.3 Å². The summed E-state index contributed by atoms with van der Waals surface area (Å²) in [6.45, 7) is 0. The summed E-state index contributed by atoms with van der Waals surface area (Å²) in [6.07, 6.45) is 0. The van der Waals surface area contributed by atoms with Gasteiger partial charge in [-0.15, -0.1) is 0 Å². The van der Waals surface area contributed by atoms with Crippen LogP contribution >= 0.6 is 0 Å². The van der Waals surface area contributed by atoms with Gasteiger partial charge in [-0.05, 0) is 160 Å². The van der Waals surface area contributed by atoms with E-state index in [1.165, 1.54) is 86.9 Å².